The number of hydrazine groups is 1. The van der Waals surface area contributed by atoms with E-state index in [1.165, 1.54) is 0 Å². The molecule has 0 aliphatic carbocycles. The van der Waals surface area contributed by atoms with Crippen molar-refractivity contribution in [3.8, 4) is 0 Å². The zero-order chi connectivity index (χ0) is 7.28. The Hall–Kier alpha value is -1.24. The van der Waals surface area contributed by atoms with Crippen LogP contribution in [0.25, 0.3) is 0 Å². The predicted molar refractivity (Wildman–Crippen MR) is 38.9 cm³/mol. The van der Waals surface area contributed by atoms with Gasteiger partial charge in [-0.05, 0) is 12.2 Å². The Bertz CT molecular complexity index is 129. The van der Waals surface area contributed by atoms with E-state index in [0.29, 0.717) is 0 Å². The van der Waals surface area contributed by atoms with Crippen LogP contribution >= 0.6 is 12.2 Å². The smallest absolute Gasteiger partial charge is 0.229 e. The van der Waals surface area contributed by atoms with E-state index in [2.05, 4.69) is 28.2 Å². The van der Waals surface area contributed by atoms with Crippen LogP contribution < -0.4 is 28.2 Å². The highest BCUT2D eigenvalue weighted by Crippen LogP contribution is 1.51. The largest absolute Gasteiger partial charge is 0.375 e. The van der Waals surface area contributed by atoms with E-state index < -0.39 is 0 Å². The molecule has 0 bridgehead atoms. The second kappa shape index (κ2) is 3.72. The van der Waals surface area contributed by atoms with Crippen molar-refractivity contribution < 1.29 is 0 Å². The molecule has 0 amide bonds. The second-order valence-electron chi connectivity index (χ2n) is 1.13. The average Bonchev–Trinajstić information content (AvgIpc) is 1.83. The van der Waals surface area contributed by atoms with Crippen LogP contribution in [0.5, 0.6) is 0 Å². The van der Waals surface area contributed by atoms with E-state index in [-0.39, 0.29) is 11.1 Å². The maximum atomic E-state index is 5.06. The molecule has 0 saturated heterocycles. The Labute approximate surface area is 57.4 Å². The van der Waals surface area contributed by atoms with Crippen molar-refractivity contribution in [2.45, 2.75) is 0 Å². The molecule has 0 fully saturated rings. The number of hydrogen-bond donors (Lipinski definition) is 5. The molecule has 9 heavy (non-hydrogen) atoms. The van der Waals surface area contributed by atoms with Crippen LogP contribution in [0.4, 0.5) is 0 Å². The van der Waals surface area contributed by atoms with Crippen LogP contribution in [-0.2, 0) is 0 Å². The summed E-state index contributed by atoms with van der Waals surface area (Å²) in [4.78, 5) is 0. The summed E-state index contributed by atoms with van der Waals surface area (Å²) in [5.74, 6) is 4.75. The number of hydrazone groups is 1. The molecule has 0 spiro atoms. The molecule has 0 radical (unpaired) electrons. The van der Waals surface area contributed by atoms with Crippen molar-refractivity contribution in [2.75, 3.05) is 0 Å². The molecule has 6 nitrogen and oxygen atoms in total. The minimum absolute atomic E-state index is 0.0165. The molecule has 0 heterocycles. The first kappa shape index (κ1) is 7.76. The van der Waals surface area contributed by atoms with Crippen LogP contribution in [0.3, 0.4) is 0 Å². The summed E-state index contributed by atoms with van der Waals surface area (Å²) in [7, 11) is 0. The third-order valence-electron chi connectivity index (χ3n) is 0.453. The van der Waals surface area contributed by atoms with Gasteiger partial charge in [0.15, 0.2) is 5.11 Å². The van der Waals surface area contributed by atoms with Crippen LogP contribution in [0, 0.1) is 0 Å². The first-order chi connectivity index (χ1) is 4.16. The van der Waals surface area contributed by atoms with Gasteiger partial charge in [0, 0.05) is 0 Å². The summed E-state index contributed by atoms with van der Waals surface area (Å²) in [5.41, 5.74) is 14.7. The summed E-state index contributed by atoms with van der Waals surface area (Å²) >= 11 is 4.41. The van der Waals surface area contributed by atoms with E-state index >= 15 is 0 Å². The highest BCUT2D eigenvalue weighted by atomic mass is 32.1. The zero-order valence-electron chi connectivity index (χ0n) is 4.59. The molecule has 0 aliphatic heterocycles. The number of nitrogens with zero attached hydrogens (tertiary/aromatic N) is 1. The van der Waals surface area contributed by atoms with Gasteiger partial charge in [0.2, 0.25) is 5.96 Å². The van der Waals surface area contributed by atoms with Crippen LogP contribution in [0.15, 0.2) is 5.10 Å². The van der Waals surface area contributed by atoms with Crippen molar-refractivity contribution in [1.29, 1.82) is 0 Å². The lowest BCUT2D eigenvalue weighted by Crippen LogP contribution is -2.48. The molecular formula is C2H8N6S. The second-order valence-corrected chi connectivity index (χ2v) is 1.57. The van der Waals surface area contributed by atoms with E-state index in [9.17, 15) is 0 Å². The highest BCUT2D eigenvalue weighted by molar-refractivity contribution is 7.80. The Morgan fingerprint density at radius 3 is 2.22 bits per heavy atom. The molecule has 8 N–H and O–H groups in total. The number of nitrogens with two attached hydrogens (primary N) is 3. The minimum Gasteiger partial charge on any atom is -0.375 e. The summed E-state index contributed by atoms with van der Waals surface area (Å²) in [6.07, 6.45) is 0. The number of nitrogens with one attached hydrogen (secondary N) is 2. The van der Waals surface area contributed by atoms with Crippen molar-refractivity contribution in [3.63, 3.8) is 0 Å². The highest BCUT2D eigenvalue weighted by Gasteiger charge is 1.85. The van der Waals surface area contributed by atoms with Crippen LogP contribution in [-0.4, -0.2) is 11.1 Å². The first-order valence-corrected chi connectivity index (χ1v) is 2.42. The monoisotopic (exact) mass is 148 g/mol. The maximum absolute atomic E-state index is 5.06. The van der Waals surface area contributed by atoms with E-state index in [4.69, 9.17) is 17.3 Å². The van der Waals surface area contributed by atoms with Gasteiger partial charge in [0.25, 0.3) is 0 Å². The number of rotatable bonds is 0. The van der Waals surface area contributed by atoms with Gasteiger partial charge in [-0.3, -0.25) is 10.9 Å². The van der Waals surface area contributed by atoms with Gasteiger partial charge in [-0.25, -0.2) is 0 Å². The van der Waals surface area contributed by atoms with Crippen molar-refractivity contribution in [2.24, 2.45) is 22.4 Å². The Balaban J connectivity index is 3.39. The molecular weight excluding hydrogens is 140 g/mol. The van der Waals surface area contributed by atoms with Crippen LogP contribution in [0.1, 0.15) is 0 Å². The fourth-order valence-corrected chi connectivity index (χ4v) is 0.209. The normalized spacial score (nSPS) is 10.4. The lowest BCUT2D eigenvalue weighted by molar-refractivity contribution is 0.851. The quantitative estimate of drug-likeness (QED) is 0.0853. The topological polar surface area (TPSA) is 114 Å². The third-order valence-corrected chi connectivity index (χ3v) is 0.555. The molecule has 0 aromatic heterocycles. The van der Waals surface area contributed by atoms with Gasteiger partial charge >= 0.3 is 0 Å². The van der Waals surface area contributed by atoms with Gasteiger partial charge in [-0.1, -0.05) is 0 Å². The molecule has 52 valence electrons. The SMILES string of the molecule is NN=C(N)NNC(N)=S. The van der Waals surface area contributed by atoms with Gasteiger partial charge in [0.05, 0.1) is 0 Å². The van der Waals surface area contributed by atoms with Gasteiger partial charge in [-0.15, -0.1) is 5.10 Å². The Kier molecular flexibility index (Phi) is 3.21. The molecule has 0 aromatic carbocycles. The fraction of sp³-hybridized carbons (Fsp3) is 0. The molecule has 0 aromatic rings. The lowest BCUT2D eigenvalue weighted by atomic mass is 11.0. The predicted octanol–water partition coefficient (Wildman–Crippen LogP) is -2.49. The summed E-state index contributed by atoms with van der Waals surface area (Å²) < 4.78 is 0. The van der Waals surface area contributed by atoms with Crippen molar-refractivity contribution >= 4 is 23.3 Å². The Morgan fingerprint density at radius 2 is 1.89 bits per heavy atom. The fourth-order valence-electron chi connectivity index (χ4n) is 0.158. The summed E-state index contributed by atoms with van der Waals surface area (Å²) in [5, 5.41) is 3.14. The molecule has 0 saturated carbocycles. The van der Waals surface area contributed by atoms with Gasteiger partial charge in [0.1, 0.15) is 0 Å². The summed E-state index contributed by atoms with van der Waals surface area (Å²) in [6.45, 7) is 0. The molecule has 0 atom stereocenters. The van der Waals surface area contributed by atoms with E-state index in [1.54, 1.807) is 0 Å². The molecule has 0 rings (SSSR count). The molecule has 0 unspecified atom stereocenters. The lowest BCUT2D eigenvalue weighted by Gasteiger charge is -2.03. The van der Waals surface area contributed by atoms with Gasteiger partial charge in [-0.2, -0.15) is 0 Å². The third kappa shape index (κ3) is 4.62. The standard InChI is InChI=1S/C2H8N6S/c3-1(6-5)7-8-2(4)9/h5H2,(H3,3,6,7)(H3,4,8,9). The Morgan fingerprint density at radius 1 is 1.33 bits per heavy atom. The molecule has 7 heteroatoms. The first-order valence-electron chi connectivity index (χ1n) is 2.01. The zero-order valence-corrected chi connectivity index (χ0v) is 5.40. The van der Waals surface area contributed by atoms with Crippen LogP contribution in [0.2, 0.25) is 0 Å². The van der Waals surface area contributed by atoms with E-state index in [1.807, 2.05) is 0 Å². The average molecular weight is 148 g/mol. The number of hydrogen-bond acceptors (Lipinski definition) is 3. The summed E-state index contributed by atoms with van der Waals surface area (Å²) in [6, 6.07) is 0. The maximum Gasteiger partial charge on any atom is 0.229 e. The number of thiocarbonyl (C=S) groups is 1. The van der Waals surface area contributed by atoms with E-state index in [0.717, 1.165) is 0 Å². The van der Waals surface area contributed by atoms with Crippen molar-refractivity contribution in [1.82, 2.24) is 10.9 Å². The number of guanidine groups is 1. The molecule has 0 aliphatic rings. The van der Waals surface area contributed by atoms with Gasteiger partial charge < -0.3 is 17.3 Å². The minimum atomic E-state index is 0.0165. The van der Waals surface area contributed by atoms with Crippen molar-refractivity contribution in [3.05, 3.63) is 0 Å².